The van der Waals surface area contributed by atoms with Crippen LogP contribution < -0.4 is 0 Å². The average molecular weight is 256 g/mol. The van der Waals surface area contributed by atoms with Crippen LogP contribution in [-0.4, -0.2) is 18.0 Å². The molecule has 1 heterocycles. The number of hydrogen-bond acceptors (Lipinski definition) is 2. The van der Waals surface area contributed by atoms with E-state index in [-0.39, 0.29) is 0 Å². The summed E-state index contributed by atoms with van der Waals surface area (Å²) in [6.07, 6.45) is 5.29. The summed E-state index contributed by atoms with van der Waals surface area (Å²) in [4.78, 5) is 2.52. The van der Waals surface area contributed by atoms with E-state index in [1.54, 1.807) is 0 Å². The Bertz CT molecular complexity index is 445. The second-order valence-electron chi connectivity index (χ2n) is 5.96. The molecule has 19 heavy (non-hydrogen) atoms. The van der Waals surface area contributed by atoms with Crippen LogP contribution in [0, 0.1) is 16.7 Å². The molecule has 0 bridgehead atoms. The Labute approximate surface area is 117 Å². The average Bonchev–Trinajstić information content (AvgIpc) is 2.37. The van der Waals surface area contributed by atoms with E-state index in [2.05, 4.69) is 30.9 Å². The van der Waals surface area contributed by atoms with Crippen molar-refractivity contribution >= 4 is 0 Å². The largest absolute Gasteiger partial charge is 0.298 e. The molecule has 1 aromatic carbocycles. The van der Waals surface area contributed by atoms with Crippen molar-refractivity contribution in [3.05, 3.63) is 35.4 Å². The van der Waals surface area contributed by atoms with Crippen LogP contribution in [0.3, 0.4) is 0 Å². The Kier molecular flexibility index (Phi) is 4.61. The Morgan fingerprint density at radius 3 is 2.47 bits per heavy atom. The van der Waals surface area contributed by atoms with Gasteiger partial charge in [0.25, 0.3) is 0 Å². The Morgan fingerprint density at radius 2 is 1.89 bits per heavy atom. The number of benzene rings is 1. The first-order valence-corrected chi connectivity index (χ1v) is 7.43. The molecule has 0 N–H and O–H groups in total. The molecule has 1 aliphatic heterocycles. The van der Waals surface area contributed by atoms with E-state index in [1.165, 1.54) is 44.3 Å². The highest BCUT2D eigenvalue weighted by Crippen LogP contribution is 2.40. The Balaban J connectivity index is 1.91. The Morgan fingerprint density at radius 1 is 1.21 bits per heavy atom. The lowest BCUT2D eigenvalue weighted by Gasteiger charge is -2.51. The molecule has 1 aromatic rings. The summed E-state index contributed by atoms with van der Waals surface area (Å²) in [5, 5.41) is 8.93. The number of likely N-dealkylation sites (tertiary alicyclic amines) is 1. The SMILES string of the molecule is CCCC1(CCC)CN(Cc2cccc(C#N)c2)C1. The number of rotatable bonds is 6. The minimum atomic E-state index is 0.580. The summed E-state index contributed by atoms with van der Waals surface area (Å²) in [6.45, 7) is 8.02. The fourth-order valence-corrected chi connectivity index (χ4v) is 3.51. The first-order valence-electron chi connectivity index (χ1n) is 7.43. The van der Waals surface area contributed by atoms with Gasteiger partial charge in [0.1, 0.15) is 0 Å². The van der Waals surface area contributed by atoms with E-state index >= 15 is 0 Å². The molecule has 102 valence electrons. The number of nitrogens with zero attached hydrogens (tertiary/aromatic N) is 2. The molecule has 0 aromatic heterocycles. The van der Waals surface area contributed by atoms with Gasteiger partial charge in [0.05, 0.1) is 11.6 Å². The van der Waals surface area contributed by atoms with Crippen LogP contribution >= 0.6 is 0 Å². The second-order valence-corrected chi connectivity index (χ2v) is 5.96. The molecule has 2 nitrogen and oxygen atoms in total. The van der Waals surface area contributed by atoms with Gasteiger partial charge in [0.15, 0.2) is 0 Å². The molecule has 0 atom stereocenters. The van der Waals surface area contributed by atoms with Gasteiger partial charge in [0.2, 0.25) is 0 Å². The van der Waals surface area contributed by atoms with Crippen molar-refractivity contribution in [1.82, 2.24) is 4.90 Å². The van der Waals surface area contributed by atoms with Crippen molar-refractivity contribution < 1.29 is 0 Å². The molecule has 1 aliphatic rings. The van der Waals surface area contributed by atoms with Crippen molar-refractivity contribution in [2.24, 2.45) is 5.41 Å². The smallest absolute Gasteiger partial charge is 0.0991 e. The fourth-order valence-electron chi connectivity index (χ4n) is 3.51. The third-order valence-electron chi connectivity index (χ3n) is 4.14. The van der Waals surface area contributed by atoms with E-state index in [1.807, 2.05) is 18.2 Å². The van der Waals surface area contributed by atoms with Crippen LogP contribution in [0.4, 0.5) is 0 Å². The highest BCUT2D eigenvalue weighted by atomic mass is 15.2. The van der Waals surface area contributed by atoms with E-state index < -0.39 is 0 Å². The third kappa shape index (κ3) is 3.36. The van der Waals surface area contributed by atoms with Crippen molar-refractivity contribution in [3.8, 4) is 6.07 Å². The van der Waals surface area contributed by atoms with Crippen molar-refractivity contribution in [2.75, 3.05) is 13.1 Å². The standard InChI is InChI=1S/C17H24N2/c1-3-8-17(9-4-2)13-19(14-17)12-16-7-5-6-15(10-16)11-18/h5-7,10H,3-4,8-9,12-14H2,1-2H3. The summed E-state index contributed by atoms with van der Waals surface area (Å²) in [6, 6.07) is 10.2. The van der Waals surface area contributed by atoms with Crippen LogP contribution in [0.5, 0.6) is 0 Å². The highest BCUT2D eigenvalue weighted by Gasteiger charge is 2.40. The Hall–Kier alpha value is -1.33. The number of nitriles is 1. The quantitative estimate of drug-likeness (QED) is 0.770. The summed E-state index contributed by atoms with van der Waals surface area (Å²) >= 11 is 0. The predicted molar refractivity (Wildman–Crippen MR) is 78.7 cm³/mol. The first-order chi connectivity index (χ1) is 9.21. The maximum atomic E-state index is 8.93. The van der Waals surface area contributed by atoms with Gasteiger partial charge in [-0.05, 0) is 36.0 Å². The van der Waals surface area contributed by atoms with Crippen molar-refractivity contribution in [3.63, 3.8) is 0 Å². The van der Waals surface area contributed by atoms with Crippen LogP contribution in [-0.2, 0) is 6.54 Å². The molecule has 0 spiro atoms. The molecule has 1 fully saturated rings. The molecule has 0 aliphatic carbocycles. The van der Waals surface area contributed by atoms with Gasteiger partial charge >= 0.3 is 0 Å². The first kappa shape index (κ1) is 14.1. The van der Waals surface area contributed by atoms with Gasteiger partial charge in [-0.3, -0.25) is 4.90 Å². The van der Waals surface area contributed by atoms with Gasteiger partial charge < -0.3 is 0 Å². The van der Waals surface area contributed by atoms with Crippen LogP contribution in [0.2, 0.25) is 0 Å². The van der Waals surface area contributed by atoms with E-state index in [9.17, 15) is 0 Å². The fraction of sp³-hybridized carbons (Fsp3) is 0.588. The summed E-state index contributed by atoms with van der Waals surface area (Å²) in [7, 11) is 0. The van der Waals surface area contributed by atoms with Crippen molar-refractivity contribution in [2.45, 2.75) is 46.1 Å². The van der Waals surface area contributed by atoms with Gasteiger partial charge in [-0.1, -0.05) is 38.8 Å². The maximum Gasteiger partial charge on any atom is 0.0991 e. The van der Waals surface area contributed by atoms with E-state index in [0.29, 0.717) is 5.41 Å². The van der Waals surface area contributed by atoms with Gasteiger partial charge in [0, 0.05) is 19.6 Å². The lowest BCUT2D eigenvalue weighted by molar-refractivity contribution is -0.0203. The van der Waals surface area contributed by atoms with Gasteiger partial charge in [-0.25, -0.2) is 0 Å². The lowest BCUT2D eigenvalue weighted by atomic mass is 9.72. The molecule has 0 unspecified atom stereocenters. The minimum Gasteiger partial charge on any atom is -0.298 e. The highest BCUT2D eigenvalue weighted by molar-refractivity contribution is 5.32. The topological polar surface area (TPSA) is 27.0 Å². The second kappa shape index (κ2) is 6.21. The third-order valence-corrected chi connectivity index (χ3v) is 4.14. The molecule has 1 saturated heterocycles. The summed E-state index contributed by atoms with van der Waals surface area (Å²) in [5.74, 6) is 0. The molecule has 2 heteroatoms. The van der Waals surface area contributed by atoms with Gasteiger partial charge in [-0.15, -0.1) is 0 Å². The lowest BCUT2D eigenvalue weighted by Crippen LogP contribution is -2.55. The van der Waals surface area contributed by atoms with E-state index in [0.717, 1.165) is 12.1 Å². The number of hydrogen-bond donors (Lipinski definition) is 0. The van der Waals surface area contributed by atoms with Crippen molar-refractivity contribution in [1.29, 1.82) is 5.26 Å². The zero-order valence-electron chi connectivity index (χ0n) is 12.2. The molecular formula is C17H24N2. The van der Waals surface area contributed by atoms with Crippen LogP contribution in [0.25, 0.3) is 0 Å². The molecule has 2 rings (SSSR count). The maximum absolute atomic E-state index is 8.93. The molecule has 0 radical (unpaired) electrons. The zero-order valence-corrected chi connectivity index (χ0v) is 12.2. The predicted octanol–water partition coefficient (Wildman–Crippen LogP) is 3.96. The summed E-state index contributed by atoms with van der Waals surface area (Å²) < 4.78 is 0. The normalized spacial score (nSPS) is 17.7. The van der Waals surface area contributed by atoms with Gasteiger partial charge in [-0.2, -0.15) is 5.26 Å². The van der Waals surface area contributed by atoms with Crippen LogP contribution in [0.15, 0.2) is 24.3 Å². The van der Waals surface area contributed by atoms with Crippen LogP contribution in [0.1, 0.15) is 50.7 Å². The molecule has 0 amide bonds. The monoisotopic (exact) mass is 256 g/mol. The zero-order chi connectivity index (χ0) is 13.7. The van der Waals surface area contributed by atoms with E-state index in [4.69, 9.17) is 5.26 Å². The molecule has 0 saturated carbocycles. The summed E-state index contributed by atoms with van der Waals surface area (Å²) in [5.41, 5.74) is 2.61. The minimum absolute atomic E-state index is 0.580. The molecular weight excluding hydrogens is 232 g/mol.